The Kier molecular flexibility index (Phi) is 15.2. The molecule has 2 heteroatoms. The van der Waals surface area contributed by atoms with Gasteiger partial charge in [-0.05, 0) is 30.4 Å². The fourth-order valence-electron chi connectivity index (χ4n) is 6.60. The molecule has 0 radical (unpaired) electrons. The Morgan fingerprint density at radius 2 is 1.18 bits per heavy atom. The summed E-state index contributed by atoms with van der Waals surface area (Å²) in [5.41, 5.74) is 2.82. The van der Waals surface area contributed by atoms with Gasteiger partial charge in [0.15, 0.2) is 0 Å². The van der Waals surface area contributed by atoms with E-state index in [0.717, 1.165) is 19.4 Å². The molecule has 1 aromatic heterocycles. The summed E-state index contributed by atoms with van der Waals surface area (Å²) in [6, 6.07) is 22.3. The van der Waals surface area contributed by atoms with Gasteiger partial charge in [-0.1, -0.05) is 171 Å². The Morgan fingerprint density at radius 1 is 0.650 bits per heavy atom. The fraction of sp³-hybridized carbons (Fsp3) is 0.605. The average Bonchev–Trinajstić information content (AvgIpc) is 3.44. The first kappa shape index (κ1) is 32.2. The molecule has 0 saturated carbocycles. The average molecular weight is 543 g/mol. The predicted octanol–water partition coefficient (Wildman–Crippen LogP) is 11.4. The molecule has 0 saturated heterocycles. The molecule has 2 atom stereocenters. The maximum Gasteiger partial charge on any atom is 0.112 e. The highest BCUT2D eigenvalue weighted by Crippen LogP contribution is 2.44. The van der Waals surface area contributed by atoms with Crippen molar-refractivity contribution in [1.29, 1.82) is 0 Å². The van der Waals surface area contributed by atoms with E-state index in [0.29, 0.717) is 5.92 Å². The molecule has 3 aromatic rings. The maximum absolute atomic E-state index is 5.02. The van der Waals surface area contributed by atoms with Gasteiger partial charge in [-0.15, -0.1) is 0 Å². The van der Waals surface area contributed by atoms with Crippen molar-refractivity contribution in [2.45, 2.75) is 148 Å². The molecular formula is C38H58N2. The molecule has 0 aliphatic heterocycles. The van der Waals surface area contributed by atoms with Crippen molar-refractivity contribution in [1.82, 2.24) is 9.55 Å². The summed E-state index contributed by atoms with van der Waals surface area (Å²) in [5, 5.41) is 0. The molecular weight excluding hydrogens is 484 g/mol. The zero-order valence-electron chi connectivity index (χ0n) is 26.1. The first-order valence-electron chi connectivity index (χ1n) is 16.8. The minimum atomic E-state index is -0.0179. The predicted molar refractivity (Wildman–Crippen MR) is 174 cm³/mol. The third-order valence-electron chi connectivity index (χ3n) is 8.99. The standard InChI is InChI=1S/C38H58N2/c1-4-6-7-8-9-10-11-12-13-14-15-16-17-24-29-36(37-39-30-32-40(37)31-5-2)38(3,35-27-22-19-23-28-35)33-34-25-20-18-21-26-34/h18-23,25-28,30,32,36H,4-17,24,29,31,33H2,1-3H3. The second kappa shape index (κ2) is 18.9. The van der Waals surface area contributed by atoms with E-state index in [9.17, 15) is 0 Å². The van der Waals surface area contributed by atoms with Crippen LogP contribution in [0.3, 0.4) is 0 Å². The molecule has 2 nitrogen and oxygen atoms in total. The van der Waals surface area contributed by atoms with Gasteiger partial charge in [0.05, 0.1) is 0 Å². The van der Waals surface area contributed by atoms with Crippen LogP contribution < -0.4 is 0 Å². The van der Waals surface area contributed by atoms with Gasteiger partial charge in [-0.3, -0.25) is 0 Å². The lowest BCUT2D eigenvalue weighted by Gasteiger charge is -2.39. The van der Waals surface area contributed by atoms with Gasteiger partial charge < -0.3 is 4.57 Å². The third-order valence-corrected chi connectivity index (χ3v) is 8.99. The highest BCUT2D eigenvalue weighted by molar-refractivity contribution is 5.33. The van der Waals surface area contributed by atoms with Crippen molar-refractivity contribution in [3.8, 4) is 0 Å². The summed E-state index contributed by atoms with van der Waals surface area (Å²) in [5.74, 6) is 1.66. The number of hydrogen-bond donors (Lipinski definition) is 0. The van der Waals surface area contributed by atoms with Crippen molar-refractivity contribution >= 4 is 0 Å². The Labute approximate surface area is 247 Å². The monoisotopic (exact) mass is 542 g/mol. The van der Waals surface area contributed by atoms with Crippen LogP contribution in [0.25, 0.3) is 0 Å². The number of hydrogen-bond acceptors (Lipinski definition) is 1. The maximum atomic E-state index is 5.02. The molecule has 40 heavy (non-hydrogen) atoms. The Morgan fingerprint density at radius 3 is 1.73 bits per heavy atom. The molecule has 1 heterocycles. The minimum Gasteiger partial charge on any atom is -0.335 e. The van der Waals surface area contributed by atoms with Crippen LogP contribution in [0.1, 0.15) is 146 Å². The fourth-order valence-corrected chi connectivity index (χ4v) is 6.60. The van der Waals surface area contributed by atoms with Gasteiger partial charge in [-0.25, -0.2) is 4.98 Å². The van der Waals surface area contributed by atoms with E-state index in [-0.39, 0.29) is 5.41 Å². The molecule has 0 bridgehead atoms. The topological polar surface area (TPSA) is 17.8 Å². The van der Waals surface area contributed by atoms with Crippen LogP contribution in [0.2, 0.25) is 0 Å². The van der Waals surface area contributed by atoms with E-state index in [1.54, 1.807) is 0 Å². The van der Waals surface area contributed by atoms with Crippen LogP contribution in [-0.4, -0.2) is 9.55 Å². The van der Waals surface area contributed by atoms with Gasteiger partial charge in [0.1, 0.15) is 5.82 Å². The quantitative estimate of drug-likeness (QED) is 0.115. The Balaban J connectivity index is 1.57. The normalized spacial score (nSPS) is 13.8. The van der Waals surface area contributed by atoms with Crippen molar-refractivity contribution < 1.29 is 0 Å². The Hall–Kier alpha value is -2.35. The first-order chi connectivity index (χ1) is 19.7. The van der Waals surface area contributed by atoms with Crippen molar-refractivity contribution in [2.75, 3.05) is 0 Å². The second-order valence-electron chi connectivity index (χ2n) is 12.4. The minimum absolute atomic E-state index is 0.0179. The lowest BCUT2D eigenvalue weighted by molar-refractivity contribution is 0.322. The highest BCUT2D eigenvalue weighted by Gasteiger charge is 2.39. The van der Waals surface area contributed by atoms with Gasteiger partial charge in [0.2, 0.25) is 0 Å². The number of benzene rings is 2. The number of unbranched alkanes of at least 4 members (excludes halogenated alkanes) is 13. The molecule has 0 spiro atoms. The molecule has 0 N–H and O–H groups in total. The van der Waals surface area contributed by atoms with Gasteiger partial charge >= 0.3 is 0 Å². The lowest BCUT2D eigenvalue weighted by Crippen LogP contribution is -2.35. The molecule has 0 aliphatic carbocycles. The summed E-state index contributed by atoms with van der Waals surface area (Å²) in [6.07, 6.45) is 27.2. The molecule has 2 unspecified atom stereocenters. The number of imidazole rings is 1. The van der Waals surface area contributed by atoms with E-state index in [4.69, 9.17) is 4.98 Å². The van der Waals surface area contributed by atoms with Gasteiger partial charge in [-0.2, -0.15) is 0 Å². The molecule has 220 valence electrons. The van der Waals surface area contributed by atoms with E-state index < -0.39 is 0 Å². The van der Waals surface area contributed by atoms with E-state index in [2.05, 4.69) is 92.2 Å². The largest absolute Gasteiger partial charge is 0.335 e. The van der Waals surface area contributed by atoms with E-state index in [1.165, 1.54) is 113 Å². The second-order valence-corrected chi connectivity index (χ2v) is 12.4. The van der Waals surface area contributed by atoms with Gasteiger partial charge in [0, 0.05) is 30.3 Å². The molecule has 0 fully saturated rings. The number of aromatic nitrogens is 2. The zero-order valence-corrected chi connectivity index (χ0v) is 26.1. The van der Waals surface area contributed by atoms with Gasteiger partial charge in [0.25, 0.3) is 0 Å². The first-order valence-corrected chi connectivity index (χ1v) is 16.8. The van der Waals surface area contributed by atoms with E-state index >= 15 is 0 Å². The third kappa shape index (κ3) is 10.6. The van der Waals surface area contributed by atoms with Crippen LogP contribution in [0.5, 0.6) is 0 Å². The molecule has 2 aromatic carbocycles. The Bertz CT molecular complexity index is 1010. The molecule has 0 aliphatic rings. The number of rotatable bonds is 22. The van der Waals surface area contributed by atoms with Crippen molar-refractivity contribution in [3.05, 3.63) is 90.0 Å². The highest BCUT2D eigenvalue weighted by atomic mass is 15.1. The van der Waals surface area contributed by atoms with Crippen molar-refractivity contribution in [3.63, 3.8) is 0 Å². The van der Waals surface area contributed by atoms with Crippen LogP contribution in [0.4, 0.5) is 0 Å². The molecule has 3 rings (SSSR count). The van der Waals surface area contributed by atoms with Crippen molar-refractivity contribution in [2.24, 2.45) is 0 Å². The number of nitrogens with zero attached hydrogens (tertiary/aromatic N) is 2. The summed E-state index contributed by atoms with van der Waals surface area (Å²) >= 11 is 0. The smallest absolute Gasteiger partial charge is 0.112 e. The lowest BCUT2D eigenvalue weighted by atomic mass is 9.66. The summed E-state index contributed by atoms with van der Waals surface area (Å²) in [6.45, 7) is 8.11. The van der Waals surface area contributed by atoms with Crippen LogP contribution >= 0.6 is 0 Å². The van der Waals surface area contributed by atoms with Crippen LogP contribution in [0, 0.1) is 0 Å². The van der Waals surface area contributed by atoms with E-state index in [1.807, 2.05) is 6.20 Å². The SMILES string of the molecule is CCCCCCCCCCCCCCCCC(c1nccn1CCC)C(C)(Cc1ccccc1)c1ccccc1. The zero-order chi connectivity index (χ0) is 28.3. The number of aryl methyl sites for hydroxylation is 1. The summed E-state index contributed by atoms with van der Waals surface area (Å²) < 4.78 is 2.43. The van der Waals surface area contributed by atoms with Crippen LogP contribution in [-0.2, 0) is 18.4 Å². The molecule has 0 amide bonds. The summed E-state index contributed by atoms with van der Waals surface area (Å²) in [4.78, 5) is 5.02. The summed E-state index contributed by atoms with van der Waals surface area (Å²) in [7, 11) is 0. The van der Waals surface area contributed by atoms with Crippen LogP contribution in [0.15, 0.2) is 73.1 Å².